The fourth-order valence-corrected chi connectivity index (χ4v) is 10.8. The molecule has 9 nitrogen and oxygen atoms in total. The van der Waals surface area contributed by atoms with E-state index in [-0.39, 0.29) is 17.7 Å². The molecule has 0 aliphatic rings. The first-order valence-electron chi connectivity index (χ1n) is 15.6. The summed E-state index contributed by atoms with van der Waals surface area (Å²) >= 11 is 0. The Bertz CT molecular complexity index is 1630. The maximum absolute atomic E-state index is 9.65. The largest absolute Gasteiger partial charge is 0.495 e. The molecule has 5 aromatic rings. The molecule has 0 radical (unpaired) electrons. The summed E-state index contributed by atoms with van der Waals surface area (Å²) in [5, 5.41) is 20.5. The molecule has 0 spiro atoms. The number of pyridine rings is 1. The third-order valence-corrected chi connectivity index (χ3v) is 13.4. The third kappa shape index (κ3) is 6.93. The summed E-state index contributed by atoms with van der Waals surface area (Å²) < 4.78 is 14.6. The Labute approximate surface area is 266 Å². The Kier molecular flexibility index (Phi) is 10.3. The number of nitrogens with zero attached hydrogens (tertiary/aromatic N) is 5. The highest BCUT2D eigenvalue weighted by atomic mass is 28.4. The molecule has 0 unspecified atom stereocenters. The van der Waals surface area contributed by atoms with E-state index in [0.29, 0.717) is 24.6 Å². The van der Waals surface area contributed by atoms with Crippen molar-refractivity contribution in [2.24, 2.45) is 0 Å². The van der Waals surface area contributed by atoms with Crippen LogP contribution in [0.25, 0.3) is 11.0 Å². The maximum atomic E-state index is 9.65. The molecule has 45 heavy (non-hydrogen) atoms. The van der Waals surface area contributed by atoms with E-state index in [4.69, 9.17) is 9.16 Å². The van der Waals surface area contributed by atoms with Gasteiger partial charge in [0.05, 0.1) is 38.3 Å². The van der Waals surface area contributed by atoms with Crippen molar-refractivity contribution < 1.29 is 14.3 Å². The molecule has 2 aromatic carbocycles. The van der Waals surface area contributed by atoms with Crippen molar-refractivity contribution in [1.29, 1.82) is 0 Å². The lowest BCUT2D eigenvalue weighted by Crippen LogP contribution is -2.66. The average molecular weight is 625 g/mol. The molecule has 0 aliphatic carbocycles. The summed E-state index contributed by atoms with van der Waals surface area (Å²) in [4.78, 5) is 13.4. The topological polar surface area (TPSA) is 107 Å². The fraction of sp³-hybridized carbons (Fsp3) is 0.371. The number of aromatic nitrogens is 5. The van der Waals surface area contributed by atoms with Gasteiger partial charge in [0.25, 0.3) is 8.32 Å². The van der Waals surface area contributed by atoms with Crippen LogP contribution in [0.4, 0.5) is 5.82 Å². The number of aliphatic hydroxyl groups is 1. The van der Waals surface area contributed by atoms with Crippen LogP contribution in [0.2, 0.25) is 5.04 Å². The highest BCUT2D eigenvalue weighted by molar-refractivity contribution is 6.99. The number of aliphatic hydroxyl groups excluding tert-OH is 1. The van der Waals surface area contributed by atoms with E-state index in [1.165, 1.54) is 10.4 Å². The van der Waals surface area contributed by atoms with Crippen LogP contribution in [-0.2, 0) is 17.6 Å². The second-order valence-corrected chi connectivity index (χ2v) is 16.6. The molecule has 236 valence electrons. The summed E-state index contributed by atoms with van der Waals surface area (Å²) in [5.74, 6) is 1.36. The quantitative estimate of drug-likeness (QED) is 0.160. The van der Waals surface area contributed by atoms with Gasteiger partial charge in [-0.15, -0.1) is 0 Å². The monoisotopic (exact) mass is 624 g/mol. The van der Waals surface area contributed by atoms with Crippen molar-refractivity contribution in [2.75, 3.05) is 19.0 Å². The average Bonchev–Trinajstić information content (AvgIpc) is 3.47. The van der Waals surface area contributed by atoms with Gasteiger partial charge in [-0.25, -0.2) is 9.97 Å². The zero-order valence-electron chi connectivity index (χ0n) is 26.9. The Balaban J connectivity index is 1.42. The van der Waals surface area contributed by atoms with Crippen LogP contribution in [0.5, 0.6) is 5.75 Å². The Morgan fingerprint density at radius 2 is 1.62 bits per heavy atom. The van der Waals surface area contributed by atoms with Crippen LogP contribution in [0.1, 0.15) is 58.2 Å². The minimum absolute atomic E-state index is 0.0847. The fourth-order valence-electron chi connectivity index (χ4n) is 6.18. The first-order chi connectivity index (χ1) is 21.8. The molecule has 0 amide bonds. The number of anilines is 1. The summed E-state index contributed by atoms with van der Waals surface area (Å²) in [5.41, 5.74) is 3.00. The number of benzene rings is 2. The molecule has 3 heterocycles. The van der Waals surface area contributed by atoms with E-state index in [9.17, 15) is 5.11 Å². The Morgan fingerprint density at radius 1 is 0.933 bits per heavy atom. The highest BCUT2D eigenvalue weighted by Crippen LogP contribution is 2.37. The van der Waals surface area contributed by atoms with Gasteiger partial charge in [0.2, 0.25) is 0 Å². The van der Waals surface area contributed by atoms with E-state index in [2.05, 4.69) is 114 Å². The highest BCUT2D eigenvalue weighted by Gasteiger charge is 2.50. The SMILES string of the molecule is CCC[C@@H](CCO[Si](c1ccccc1)(c1ccccc1)C(C)(C)C)Nc1ncnc2cnn(Cc3cc(CO)ncc3OC)c12. The zero-order chi connectivity index (χ0) is 31.9. The van der Waals surface area contributed by atoms with Crippen LogP contribution in [0, 0.1) is 0 Å². The van der Waals surface area contributed by atoms with Gasteiger partial charge in [-0.3, -0.25) is 9.67 Å². The predicted octanol–water partition coefficient (Wildman–Crippen LogP) is 5.32. The molecule has 2 N–H and O–H groups in total. The zero-order valence-corrected chi connectivity index (χ0v) is 27.9. The molecule has 3 aromatic heterocycles. The number of fused-ring (bicyclic) bond motifs is 1. The first kappa shape index (κ1) is 32.3. The molecule has 5 rings (SSSR count). The van der Waals surface area contributed by atoms with E-state index in [0.717, 1.165) is 41.7 Å². The number of rotatable bonds is 14. The molecule has 1 atom stereocenters. The summed E-state index contributed by atoms with van der Waals surface area (Å²) in [6.45, 7) is 9.99. The van der Waals surface area contributed by atoms with Gasteiger partial charge in [0.15, 0.2) is 5.82 Å². The Morgan fingerprint density at radius 3 is 2.22 bits per heavy atom. The normalized spacial score (nSPS) is 12.8. The molecule has 0 bridgehead atoms. The van der Waals surface area contributed by atoms with Crippen LogP contribution >= 0.6 is 0 Å². The van der Waals surface area contributed by atoms with Crippen LogP contribution in [0.3, 0.4) is 0 Å². The first-order valence-corrected chi connectivity index (χ1v) is 17.5. The number of ether oxygens (including phenoxy) is 1. The van der Waals surface area contributed by atoms with Crippen LogP contribution in [-0.4, -0.2) is 57.9 Å². The van der Waals surface area contributed by atoms with E-state index < -0.39 is 8.32 Å². The number of hydrogen-bond donors (Lipinski definition) is 2. The van der Waals surface area contributed by atoms with Gasteiger partial charge >= 0.3 is 0 Å². The molecular weight excluding hydrogens is 581 g/mol. The van der Waals surface area contributed by atoms with E-state index >= 15 is 0 Å². The van der Waals surface area contributed by atoms with Crippen LogP contribution in [0.15, 0.2) is 85.5 Å². The number of nitrogens with one attached hydrogen (secondary N) is 1. The Hall–Kier alpha value is -4.12. The van der Waals surface area contributed by atoms with Crippen molar-refractivity contribution in [3.63, 3.8) is 0 Å². The second-order valence-electron chi connectivity index (χ2n) is 12.3. The van der Waals surface area contributed by atoms with Gasteiger partial charge in [-0.05, 0) is 34.3 Å². The van der Waals surface area contributed by atoms with Gasteiger partial charge in [0, 0.05) is 18.2 Å². The minimum Gasteiger partial charge on any atom is -0.495 e. The summed E-state index contributed by atoms with van der Waals surface area (Å²) in [6.07, 6.45) is 7.75. The lowest BCUT2D eigenvalue weighted by molar-refractivity contribution is 0.276. The van der Waals surface area contributed by atoms with Crippen LogP contribution < -0.4 is 20.4 Å². The van der Waals surface area contributed by atoms with Crippen molar-refractivity contribution in [1.82, 2.24) is 24.7 Å². The molecule has 0 fully saturated rings. The van der Waals surface area contributed by atoms with Gasteiger partial charge in [-0.2, -0.15) is 5.10 Å². The van der Waals surface area contributed by atoms with Crippen molar-refractivity contribution in [3.8, 4) is 5.75 Å². The minimum atomic E-state index is -2.64. The molecule has 10 heteroatoms. The molecular formula is C35H44N6O3Si. The van der Waals surface area contributed by atoms with Gasteiger partial charge in [0.1, 0.15) is 23.1 Å². The standard InChI is InChI=1S/C35H44N6O3Si/c1-6-13-27(18-19-44-45(35(2,3)4,29-14-9-7-10-15-29)30-16-11-8-12-17-30)40-34-33-31(37-25-38-34)21-39-41(33)23-26-20-28(24-42)36-22-32(26)43-5/h7-12,14-17,20-22,25,27,42H,6,13,18-19,23-24H2,1-5H3,(H,37,38,40)/t27-/m0/s1. The number of methoxy groups -OCH3 is 1. The van der Waals surface area contributed by atoms with Gasteiger partial charge in [-0.1, -0.05) is 94.8 Å². The van der Waals surface area contributed by atoms with Gasteiger partial charge < -0.3 is 19.6 Å². The number of hydrogen-bond acceptors (Lipinski definition) is 8. The van der Waals surface area contributed by atoms with Crippen molar-refractivity contribution in [2.45, 2.75) is 71.2 Å². The summed E-state index contributed by atoms with van der Waals surface area (Å²) in [7, 11) is -1.02. The van der Waals surface area contributed by atoms with Crippen molar-refractivity contribution >= 4 is 35.5 Å². The predicted molar refractivity (Wildman–Crippen MR) is 182 cm³/mol. The lowest BCUT2D eigenvalue weighted by Gasteiger charge is -2.43. The maximum Gasteiger partial charge on any atom is 0.261 e. The molecule has 0 aliphatic heterocycles. The lowest BCUT2D eigenvalue weighted by atomic mass is 10.1. The second kappa shape index (κ2) is 14.3. The molecule has 0 saturated carbocycles. The molecule has 0 saturated heterocycles. The smallest absolute Gasteiger partial charge is 0.261 e. The summed E-state index contributed by atoms with van der Waals surface area (Å²) in [6, 6.07) is 23.5. The third-order valence-electron chi connectivity index (χ3n) is 8.31. The van der Waals surface area contributed by atoms with E-state index in [1.54, 1.807) is 25.8 Å². The van der Waals surface area contributed by atoms with E-state index in [1.807, 2.05) is 10.7 Å². The van der Waals surface area contributed by atoms with Crippen molar-refractivity contribution in [3.05, 3.63) is 96.7 Å².